The summed E-state index contributed by atoms with van der Waals surface area (Å²) in [4.78, 5) is 19.2. The van der Waals surface area contributed by atoms with E-state index in [4.69, 9.17) is 4.74 Å². The highest BCUT2D eigenvalue weighted by Gasteiger charge is 2.22. The summed E-state index contributed by atoms with van der Waals surface area (Å²) in [6, 6.07) is 12.0. The van der Waals surface area contributed by atoms with Crippen LogP contribution in [0.4, 0.5) is 0 Å². The molecule has 0 N–H and O–H groups in total. The maximum absolute atomic E-state index is 12.7. The number of imidazole rings is 1. The monoisotopic (exact) mass is 335 g/mol. The van der Waals surface area contributed by atoms with Gasteiger partial charge in [-0.1, -0.05) is 12.1 Å². The molecule has 0 aliphatic carbocycles. The number of ether oxygens (including phenoxy) is 1. The Morgan fingerprint density at radius 3 is 3.00 bits per heavy atom. The number of pyridine rings is 1. The summed E-state index contributed by atoms with van der Waals surface area (Å²) in [6.07, 6.45) is 5.10. The smallest absolute Gasteiger partial charge is 0.228 e. The van der Waals surface area contributed by atoms with Gasteiger partial charge in [-0.25, -0.2) is 4.98 Å². The van der Waals surface area contributed by atoms with Crippen LogP contribution in [-0.4, -0.2) is 33.3 Å². The molecular weight excluding hydrogens is 314 g/mol. The highest BCUT2D eigenvalue weighted by atomic mass is 16.5. The van der Waals surface area contributed by atoms with Crippen molar-refractivity contribution in [2.75, 3.05) is 13.2 Å². The maximum atomic E-state index is 12.7. The quantitative estimate of drug-likeness (QED) is 0.736. The SMILES string of the molecule is CCOc1ccc2c(c1)CN(C(=O)Cc1cn3ccccc3n1)CC2. The third-order valence-corrected chi connectivity index (χ3v) is 4.60. The van der Waals surface area contributed by atoms with Crippen LogP contribution in [0, 0.1) is 0 Å². The molecule has 3 heterocycles. The van der Waals surface area contributed by atoms with Crippen LogP contribution in [-0.2, 0) is 24.2 Å². The van der Waals surface area contributed by atoms with Crippen molar-refractivity contribution in [1.82, 2.24) is 14.3 Å². The summed E-state index contributed by atoms with van der Waals surface area (Å²) in [5.41, 5.74) is 4.17. The third-order valence-electron chi connectivity index (χ3n) is 4.60. The van der Waals surface area contributed by atoms with Crippen molar-refractivity contribution in [2.45, 2.75) is 26.3 Å². The van der Waals surface area contributed by atoms with Gasteiger partial charge in [0.15, 0.2) is 0 Å². The van der Waals surface area contributed by atoms with E-state index in [9.17, 15) is 4.79 Å². The summed E-state index contributed by atoms with van der Waals surface area (Å²) in [6.45, 7) is 4.02. The molecule has 1 amide bonds. The van der Waals surface area contributed by atoms with E-state index in [2.05, 4.69) is 17.1 Å². The number of carbonyl (C=O) groups is 1. The van der Waals surface area contributed by atoms with Gasteiger partial charge < -0.3 is 14.0 Å². The van der Waals surface area contributed by atoms with Crippen molar-refractivity contribution < 1.29 is 9.53 Å². The second-order valence-corrected chi connectivity index (χ2v) is 6.30. The van der Waals surface area contributed by atoms with Crippen LogP contribution in [0.2, 0.25) is 0 Å². The van der Waals surface area contributed by atoms with E-state index in [0.29, 0.717) is 19.6 Å². The van der Waals surface area contributed by atoms with Crippen LogP contribution in [0.5, 0.6) is 5.75 Å². The molecule has 0 atom stereocenters. The second-order valence-electron chi connectivity index (χ2n) is 6.30. The normalized spacial score (nSPS) is 13.7. The lowest BCUT2D eigenvalue weighted by atomic mass is 9.99. The first kappa shape index (κ1) is 15.7. The number of hydrogen-bond acceptors (Lipinski definition) is 3. The van der Waals surface area contributed by atoms with E-state index >= 15 is 0 Å². The third kappa shape index (κ3) is 3.22. The first-order valence-corrected chi connectivity index (χ1v) is 8.68. The van der Waals surface area contributed by atoms with Gasteiger partial charge in [0.1, 0.15) is 11.4 Å². The Morgan fingerprint density at radius 2 is 2.16 bits per heavy atom. The van der Waals surface area contributed by atoms with Crippen molar-refractivity contribution in [3.8, 4) is 5.75 Å². The van der Waals surface area contributed by atoms with E-state index in [-0.39, 0.29) is 5.91 Å². The molecule has 25 heavy (non-hydrogen) atoms. The van der Waals surface area contributed by atoms with Crippen LogP contribution in [0.15, 0.2) is 48.8 Å². The molecule has 3 aromatic rings. The van der Waals surface area contributed by atoms with Gasteiger partial charge in [-0.05, 0) is 48.7 Å². The molecule has 5 heteroatoms. The average Bonchev–Trinajstić information content (AvgIpc) is 3.03. The number of amides is 1. The molecule has 0 saturated carbocycles. The summed E-state index contributed by atoms with van der Waals surface area (Å²) < 4.78 is 7.53. The summed E-state index contributed by atoms with van der Waals surface area (Å²) >= 11 is 0. The molecule has 0 spiro atoms. The number of benzene rings is 1. The minimum absolute atomic E-state index is 0.121. The van der Waals surface area contributed by atoms with Gasteiger partial charge >= 0.3 is 0 Å². The Kier molecular flexibility index (Phi) is 4.14. The van der Waals surface area contributed by atoms with Crippen LogP contribution < -0.4 is 4.74 Å². The van der Waals surface area contributed by atoms with Crippen LogP contribution in [0.25, 0.3) is 5.65 Å². The fourth-order valence-electron chi connectivity index (χ4n) is 3.34. The predicted molar refractivity (Wildman–Crippen MR) is 95.6 cm³/mol. The lowest BCUT2D eigenvalue weighted by molar-refractivity contribution is -0.131. The summed E-state index contributed by atoms with van der Waals surface area (Å²) in [5.74, 6) is 0.992. The van der Waals surface area contributed by atoms with Gasteiger partial charge in [-0.15, -0.1) is 0 Å². The lowest BCUT2D eigenvalue weighted by Gasteiger charge is -2.29. The topological polar surface area (TPSA) is 46.8 Å². The number of hydrogen-bond donors (Lipinski definition) is 0. The minimum atomic E-state index is 0.121. The molecule has 0 saturated heterocycles. The molecule has 4 rings (SSSR count). The number of aromatic nitrogens is 2. The summed E-state index contributed by atoms with van der Waals surface area (Å²) in [5, 5.41) is 0. The van der Waals surface area contributed by atoms with Crippen LogP contribution >= 0.6 is 0 Å². The van der Waals surface area contributed by atoms with Gasteiger partial charge in [-0.2, -0.15) is 0 Å². The van der Waals surface area contributed by atoms with Crippen LogP contribution in [0.1, 0.15) is 23.7 Å². The van der Waals surface area contributed by atoms with Crippen molar-refractivity contribution in [2.24, 2.45) is 0 Å². The van der Waals surface area contributed by atoms with E-state index < -0.39 is 0 Å². The van der Waals surface area contributed by atoms with Gasteiger partial charge in [0.05, 0.1) is 18.7 Å². The standard InChI is InChI=1S/C20H21N3O2/c1-2-25-18-7-6-15-8-10-23(13-16(15)11-18)20(24)12-17-14-22-9-4-3-5-19(22)21-17/h3-7,9,11,14H,2,8,10,12-13H2,1H3. The second kappa shape index (κ2) is 6.59. The van der Waals surface area contributed by atoms with E-state index in [1.165, 1.54) is 11.1 Å². The molecule has 0 bridgehead atoms. The molecule has 0 radical (unpaired) electrons. The largest absolute Gasteiger partial charge is 0.494 e. The fraction of sp³-hybridized carbons (Fsp3) is 0.300. The molecular formula is C20H21N3O2. The Balaban J connectivity index is 1.48. The zero-order chi connectivity index (χ0) is 17.2. The zero-order valence-corrected chi connectivity index (χ0v) is 14.3. The molecule has 1 aromatic carbocycles. The molecule has 1 aliphatic heterocycles. The Labute approximate surface area is 146 Å². The number of fused-ring (bicyclic) bond motifs is 2. The van der Waals surface area contributed by atoms with Crippen molar-refractivity contribution in [3.05, 3.63) is 65.6 Å². The Bertz CT molecular complexity index is 883. The first-order chi connectivity index (χ1) is 12.2. The fourth-order valence-corrected chi connectivity index (χ4v) is 3.34. The zero-order valence-electron chi connectivity index (χ0n) is 14.3. The molecule has 128 valence electrons. The van der Waals surface area contributed by atoms with E-state index in [1.807, 2.05) is 52.9 Å². The molecule has 1 aliphatic rings. The lowest BCUT2D eigenvalue weighted by Crippen LogP contribution is -2.37. The van der Waals surface area contributed by atoms with E-state index in [0.717, 1.165) is 30.1 Å². The van der Waals surface area contributed by atoms with Crippen molar-refractivity contribution in [3.63, 3.8) is 0 Å². The molecule has 0 unspecified atom stereocenters. The van der Waals surface area contributed by atoms with Gasteiger partial charge in [0.25, 0.3) is 0 Å². The number of nitrogens with zero attached hydrogens (tertiary/aromatic N) is 3. The van der Waals surface area contributed by atoms with Gasteiger partial charge in [-0.3, -0.25) is 4.79 Å². The molecule has 0 fully saturated rings. The highest BCUT2D eigenvalue weighted by Crippen LogP contribution is 2.24. The molecule has 2 aromatic heterocycles. The highest BCUT2D eigenvalue weighted by molar-refractivity contribution is 5.79. The number of rotatable bonds is 4. The van der Waals surface area contributed by atoms with Gasteiger partial charge in [0, 0.05) is 25.5 Å². The number of carbonyl (C=O) groups excluding carboxylic acids is 1. The predicted octanol–water partition coefficient (Wildman–Crippen LogP) is 2.86. The Morgan fingerprint density at radius 1 is 1.24 bits per heavy atom. The summed E-state index contributed by atoms with van der Waals surface area (Å²) in [7, 11) is 0. The maximum Gasteiger partial charge on any atom is 0.228 e. The molecule has 5 nitrogen and oxygen atoms in total. The Hall–Kier alpha value is -2.82. The van der Waals surface area contributed by atoms with Crippen molar-refractivity contribution >= 4 is 11.6 Å². The van der Waals surface area contributed by atoms with Gasteiger partial charge in [0.2, 0.25) is 5.91 Å². The van der Waals surface area contributed by atoms with Crippen molar-refractivity contribution in [1.29, 1.82) is 0 Å². The van der Waals surface area contributed by atoms with Crippen LogP contribution in [0.3, 0.4) is 0 Å². The first-order valence-electron chi connectivity index (χ1n) is 8.68. The minimum Gasteiger partial charge on any atom is -0.494 e. The van der Waals surface area contributed by atoms with E-state index in [1.54, 1.807) is 0 Å². The average molecular weight is 335 g/mol.